The fourth-order valence-corrected chi connectivity index (χ4v) is 1.04. The second kappa shape index (κ2) is 4.42. The Bertz CT molecular complexity index is 220. The molecule has 0 fully saturated rings. The molecule has 0 spiro atoms. The molecule has 0 N–H and O–H groups in total. The average Bonchev–Trinajstić information content (AvgIpc) is 1.88. The van der Waals surface area contributed by atoms with Gasteiger partial charge in [0, 0.05) is 6.20 Å². The van der Waals surface area contributed by atoms with Gasteiger partial charge in [-0.2, -0.15) is 0 Å². The zero-order chi connectivity index (χ0) is 7.56. The van der Waals surface area contributed by atoms with E-state index in [1.165, 1.54) is 0 Å². The molecule has 1 rings (SSSR count). The van der Waals surface area contributed by atoms with Crippen LogP contribution in [0.1, 0.15) is 5.69 Å². The lowest BCUT2D eigenvalue weighted by Gasteiger charge is -2.03. The van der Waals surface area contributed by atoms with Crippen LogP contribution in [0.25, 0.3) is 0 Å². The lowest BCUT2D eigenvalue weighted by atomic mass is 10.3. The first-order chi connectivity index (χ1) is 4.75. The van der Waals surface area contributed by atoms with Crippen LogP contribution in [0, 0.1) is 6.92 Å². The maximum Gasteiger partial charge on any atom is 0.158 e. The molecular formula is C7H9Cl2NO. The van der Waals surface area contributed by atoms with Crippen LogP contribution in [-0.4, -0.2) is 12.1 Å². The molecule has 11 heavy (non-hydrogen) atoms. The van der Waals surface area contributed by atoms with Crippen molar-refractivity contribution in [1.29, 1.82) is 0 Å². The lowest BCUT2D eigenvalue weighted by Crippen LogP contribution is -1.89. The highest BCUT2D eigenvalue weighted by atomic mass is 35.5. The van der Waals surface area contributed by atoms with E-state index in [1.54, 1.807) is 19.4 Å². The summed E-state index contributed by atoms with van der Waals surface area (Å²) in [5, 5.41) is 0.606. The Morgan fingerprint density at radius 2 is 2.18 bits per heavy atom. The Labute approximate surface area is 77.0 Å². The van der Waals surface area contributed by atoms with Crippen LogP contribution in [0.5, 0.6) is 5.75 Å². The van der Waals surface area contributed by atoms with Gasteiger partial charge in [-0.25, -0.2) is 0 Å². The predicted octanol–water partition coefficient (Wildman–Crippen LogP) is 2.47. The van der Waals surface area contributed by atoms with Crippen molar-refractivity contribution in [2.45, 2.75) is 6.92 Å². The van der Waals surface area contributed by atoms with Gasteiger partial charge in [0.2, 0.25) is 0 Å². The number of rotatable bonds is 1. The number of methoxy groups -OCH3 is 1. The summed E-state index contributed by atoms with van der Waals surface area (Å²) in [5.41, 5.74) is 0.815. The second-order valence-corrected chi connectivity index (χ2v) is 2.32. The number of aryl methyl sites for hydroxylation is 1. The summed E-state index contributed by atoms with van der Waals surface area (Å²) in [6.45, 7) is 1.85. The summed E-state index contributed by atoms with van der Waals surface area (Å²) in [6, 6.07) is 1.70. The molecule has 0 saturated heterocycles. The minimum Gasteiger partial charge on any atom is -0.493 e. The minimum atomic E-state index is 0. The first-order valence-corrected chi connectivity index (χ1v) is 3.28. The predicted molar refractivity (Wildman–Crippen MR) is 47.8 cm³/mol. The average molecular weight is 194 g/mol. The summed E-state index contributed by atoms with van der Waals surface area (Å²) in [6.07, 6.45) is 1.65. The Kier molecular flexibility index (Phi) is 4.23. The monoisotopic (exact) mass is 193 g/mol. The smallest absolute Gasteiger partial charge is 0.158 e. The molecule has 0 radical (unpaired) electrons. The first kappa shape index (κ1) is 10.5. The molecule has 2 nitrogen and oxygen atoms in total. The van der Waals surface area contributed by atoms with Crippen LogP contribution in [0.2, 0.25) is 5.02 Å². The molecule has 1 aromatic rings. The molecule has 0 unspecified atom stereocenters. The maximum atomic E-state index is 5.76. The molecule has 1 heterocycles. The van der Waals surface area contributed by atoms with E-state index in [1.807, 2.05) is 6.92 Å². The van der Waals surface area contributed by atoms with Gasteiger partial charge in [0.25, 0.3) is 0 Å². The highest BCUT2D eigenvalue weighted by Crippen LogP contribution is 2.25. The maximum absolute atomic E-state index is 5.76. The van der Waals surface area contributed by atoms with E-state index in [9.17, 15) is 0 Å². The largest absolute Gasteiger partial charge is 0.493 e. The Morgan fingerprint density at radius 1 is 1.55 bits per heavy atom. The SMILES string of the molecule is COc1c(Cl)ccnc1C.Cl. The summed E-state index contributed by atoms with van der Waals surface area (Å²) < 4.78 is 4.98. The van der Waals surface area contributed by atoms with Crippen molar-refractivity contribution < 1.29 is 4.74 Å². The molecule has 0 aromatic carbocycles. The Morgan fingerprint density at radius 3 is 2.55 bits per heavy atom. The van der Waals surface area contributed by atoms with Gasteiger partial charge in [0.15, 0.2) is 5.75 Å². The van der Waals surface area contributed by atoms with Crippen molar-refractivity contribution in [2.75, 3.05) is 7.11 Å². The zero-order valence-electron chi connectivity index (χ0n) is 6.30. The van der Waals surface area contributed by atoms with Crippen molar-refractivity contribution >= 4 is 24.0 Å². The van der Waals surface area contributed by atoms with Gasteiger partial charge in [-0.05, 0) is 13.0 Å². The van der Waals surface area contributed by atoms with Gasteiger partial charge in [-0.1, -0.05) is 11.6 Å². The Hall–Kier alpha value is -0.470. The molecule has 0 amide bonds. The number of halogens is 2. The minimum absolute atomic E-state index is 0. The molecule has 0 atom stereocenters. The van der Waals surface area contributed by atoms with Crippen LogP contribution in [0.15, 0.2) is 12.3 Å². The molecule has 0 aliphatic heterocycles. The van der Waals surface area contributed by atoms with Crippen LogP contribution in [0.4, 0.5) is 0 Å². The van der Waals surface area contributed by atoms with E-state index < -0.39 is 0 Å². The van der Waals surface area contributed by atoms with E-state index in [-0.39, 0.29) is 12.4 Å². The van der Waals surface area contributed by atoms with Crippen LogP contribution in [-0.2, 0) is 0 Å². The summed E-state index contributed by atoms with van der Waals surface area (Å²) in [5.74, 6) is 0.657. The highest BCUT2D eigenvalue weighted by Gasteiger charge is 2.02. The third kappa shape index (κ3) is 2.24. The van der Waals surface area contributed by atoms with Gasteiger partial charge >= 0.3 is 0 Å². The molecule has 62 valence electrons. The molecule has 0 aliphatic rings. The third-order valence-electron chi connectivity index (χ3n) is 1.24. The van der Waals surface area contributed by atoms with Crippen molar-refractivity contribution in [3.05, 3.63) is 23.0 Å². The van der Waals surface area contributed by atoms with Crippen LogP contribution >= 0.6 is 24.0 Å². The van der Waals surface area contributed by atoms with Crippen molar-refractivity contribution in [3.63, 3.8) is 0 Å². The molecule has 0 bridgehead atoms. The molecular weight excluding hydrogens is 185 g/mol. The van der Waals surface area contributed by atoms with E-state index >= 15 is 0 Å². The number of pyridine rings is 1. The molecule has 4 heteroatoms. The van der Waals surface area contributed by atoms with Crippen molar-refractivity contribution in [2.24, 2.45) is 0 Å². The lowest BCUT2D eigenvalue weighted by molar-refractivity contribution is 0.409. The quantitative estimate of drug-likeness (QED) is 0.685. The summed E-state index contributed by atoms with van der Waals surface area (Å²) >= 11 is 5.76. The van der Waals surface area contributed by atoms with Crippen LogP contribution < -0.4 is 4.74 Å². The Balaban J connectivity index is 0.000001000. The normalized spacial score (nSPS) is 8.64. The van der Waals surface area contributed by atoms with Crippen molar-refractivity contribution in [1.82, 2.24) is 4.98 Å². The van der Waals surface area contributed by atoms with Gasteiger partial charge in [0.05, 0.1) is 17.8 Å². The third-order valence-corrected chi connectivity index (χ3v) is 1.54. The first-order valence-electron chi connectivity index (χ1n) is 2.91. The summed E-state index contributed by atoms with van der Waals surface area (Å²) in [7, 11) is 1.58. The molecule has 1 aromatic heterocycles. The highest BCUT2D eigenvalue weighted by molar-refractivity contribution is 6.32. The van der Waals surface area contributed by atoms with Crippen molar-refractivity contribution in [3.8, 4) is 5.75 Å². The van der Waals surface area contributed by atoms with E-state index in [4.69, 9.17) is 16.3 Å². The second-order valence-electron chi connectivity index (χ2n) is 1.91. The summed E-state index contributed by atoms with van der Waals surface area (Å²) in [4.78, 5) is 4.00. The van der Waals surface area contributed by atoms with Gasteiger partial charge in [0.1, 0.15) is 0 Å². The zero-order valence-corrected chi connectivity index (χ0v) is 7.87. The van der Waals surface area contributed by atoms with Gasteiger partial charge < -0.3 is 4.74 Å². The number of hydrogen-bond acceptors (Lipinski definition) is 2. The number of nitrogens with zero attached hydrogens (tertiary/aromatic N) is 1. The standard InChI is InChI=1S/C7H8ClNO.ClH/c1-5-7(10-2)6(8)3-4-9-5;/h3-4H,1-2H3;1H. The molecule has 0 saturated carbocycles. The van der Waals surface area contributed by atoms with Crippen LogP contribution in [0.3, 0.4) is 0 Å². The van der Waals surface area contributed by atoms with E-state index in [0.717, 1.165) is 5.69 Å². The topological polar surface area (TPSA) is 22.1 Å². The number of hydrogen-bond donors (Lipinski definition) is 0. The fourth-order valence-electron chi connectivity index (χ4n) is 0.767. The number of aromatic nitrogens is 1. The van der Waals surface area contributed by atoms with Gasteiger partial charge in [-0.15, -0.1) is 12.4 Å². The molecule has 0 aliphatic carbocycles. The number of ether oxygens (including phenoxy) is 1. The van der Waals surface area contributed by atoms with Gasteiger partial charge in [-0.3, -0.25) is 4.98 Å². The van der Waals surface area contributed by atoms with E-state index in [2.05, 4.69) is 4.98 Å². The van der Waals surface area contributed by atoms with E-state index in [0.29, 0.717) is 10.8 Å². The fraction of sp³-hybridized carbons (Fsp3) is 0.286.